The summed E-state index contributed by atoms with van der Waals surface area (Å²) in [5, 5.41) is 14.7. The van der Waals surface area contributed by atoms with E-state index >= 15 is 0 Å². The van der Waals surface area contributed by atoms with Crippen molar-refractivity contribution in [3.8, 4) is 10.8 Å². The van der Waals surface area contributed by atoms with Gasteiger partial charge in [0.2, 0.25) is 0 Å². The minimum Gasteiger partial charge on any atom is -0.453 e. The molecule has 3 aromatic rings. The van der Waals surface area contributed by atoms with Gasteiger partial charge < -0.3 is 9.73 Å². The SMILES string of the molecule is CCNC(C)c1nnc(-c2cc3cc(C)ccc3o2)s1. The second-order valence-electron chi connectivity index (χ2n) is 4.88. The Morgan fingerprint density at radius 2 is 2.15 bits per heavy atom. The minimum atomic E-state index is 0.220. The Balaban J connectivity index is 1.94. The molecule has 3 rings (SSSR count). The molecule has 0 radical (unpaired) electrons. The summed E-state index contributed by atoms with van der Waals surface area (Å²) in [5.41, 5.74) is 2.12. The normalized spacial score (nSPS) is 12.9. The van der Waals surface area contributed by atoms with Gasteiger partial charge >= 0.3 is 0 Å². The van der Waals surface area contributed by atoms with Crippen molar-refractivity contribution in [2.45, 2.75) is 26.8 Å². The summed E-state index contributed by atoms with van der Waals surface area (Å²) >= 11 is 1.57. The van der Waals surface area contributed by atoms with E-state index in [9.17, 15) is 0 Å². The first kappa shape index (κ1) is 13.3. The molecule has 1 unspecified atom stereocenters. The van der Waals surface area contributed by atoms with Gasteiger partial charge in [0.1, 0.15) is 10.6 Å². The molecule has 1 aromatic carbocycles. The van der Waals surface area contributed by atoms with E-state index in [1.54, 1.807) is 11.3 Å². The summed E-state index contributed by atoms with van der Waals surface area (Å²) in [6, 6.07) is 8.42. The highest BCUT2D eigenvalue weighted by Crippen LogP contribution is 2.31. The quantitative estimate of drug-likeness (QED) is 0.790. The zero-order valence-corrected chi connectivity index (χ0v) is 12.6. The molecule has 0 spiro atoms. The fourth-order valence-electron chi connectivity index (χ4n) is 2.17. The van der Waals surface area contributed by atoms with E-state index < -0.39 is 0 Å². The summed E-state index contributed by atoms with van der Waals surface area (Å²) < 4.78 is 5.85. The number of fused-ring (bicyclic) bond motifs is 1. The van der Waals surface area contributed by atoms with Gasteiger partial charge in [-0.05, 0) is 38.6 Å². The van der Waals surface area contributed by atoms with Crippen LogP contribution in [-0.4, -0.2) is 16.7 Å². The smallest absolute Gasteiger partial charge is 0.183 e. The van der Waals surface area contributed by atoms with E-state index in [0.717, 1.165) is 33.3 Å². The topological polar surface area (TPSA) is 51.0 Å². The predicted octanol–water partition coefficient (Wildman–Crippen LogP) is 3.93. The molecule has 0 bridgehead atoms. The molecule has 0 aliphatic carbocycles. The lowest BCUT2D eigenvalue weighted by atomic mass is 10.2. The molecule has 0 saturated heterocycles. The largest absolute Gasteiger partial charge is 0.453 e. The van der Waals surface area contributed by atoms with Crippen molar-refractivity contribution in [3.63, 3.8) is 0 Å². The van der Waals surface area contributed by atoms with E-state index in [1.807, 2.05) is 18.2 Å². The fraction of sp³-hybridized carbons (Fsp3) is 0.333. The Hall–Kier alpha value is -1.72. The number of hydrogen-bond acceptors (Lipinski definition) is 5. The minimum absolute atomic E-state index is 0.220. The average Bonchev–Trinajstić information content (AvgIpc) is 3.04. The lowest BCUT2D eigenvalue weighted by molar-refractivity contribution is 0.589. The number of nitrogens with one attached hydrogen (secondary N) is 1. The molecule has 0 fully saturated rings. The standard InChI is InChI=1S/C15H17N3OS/c1-4-16-10(3)14-17-18-15(20-14)13-8-11-7-9(2)5-6-12(11)19-13/h5-8,10,16H,4H2,1-3H3. The Morgan fingerprint density at radius 3 is 2.95 bits per heavy atom. The number of furan rings is 1. The van der Waals surface area contributed by atoms with Gasteiger partial charge in [0.15, 0.2) is 10.8 Å². The lowest BCUT2D eigenvalue weighted by Gasteiger charge is -2.06. The molecule has 5 heteroatoms. The summed E-state index contributed by atoms with van der Waals surface area (Å²) in [6.45, 7) is 7.17. The number of aromatic nitrogens is 2. The van der Waals surface area contributed by atoms with Crippen LogP contribution in [0.4, 0.5) is 0 Å². The monoisotopic (exact) mass is 287 g/mol. The van der Waals surface area contributed by atoms with Gasteiger partial charge in [0.25, 0.3) is 0 Å². The molecule has 4 nitrogen and oxygen atoms in total. The van der Waals surface area contributed by atoms with Gasteiger partial charge in [-0.15, -0.1) is 10.2 Å². The van der Waals surface area contributed by atoms with Crippen molar-refractivity contribution in [3.05, 3.63) is 34.8 Å². The first-order valence-electron chi connectivity index (χ1n) is 6.74. The van der Waals surface area contributed by atoms with Crippen molar-refractivity contribution < 1.29 is 4.42 Å². The van der Waals surface area contributed by atoms with Crippen molar-refractivity contribution in [2.75, 3.05) is 6.54 Å². The van der Waals surface area contributed by atoms with Crippen LogP contribution in [0.3, 0.4) is 0 Å². The maximum absolute atomic E-state index is 5.85. The molecule has 0 saturated carbocycles. The highest BCUT2D eigenvalue weighted by molar-refractivity contribution is 7.14. The van der Waals surface area contributed by atoms with Gasteiger partial charge in [0, 0.05) is 5.39 Å². The predicted molar refractivity (Wildman–Crippen MR) is 81.9 cm³/mol. The van der Waals surface area contributed by atoms with Gasteiger partial charge in [0.05, 0.1) is 6.04 Å². The van der Waals surface area contributed by atoms with Gasteiger partial charge in [-0.3, -0.25) is 0 Å². The molecular weight excluding hydrogens is 270 g/mol. The third kappa shape index (κ3) is 2.46. The number of aryl methyl sites for hydroxylation is 1. The summed E-state index contributed by atoms with van der Waals surface area (Å²) in [5.74, 6) is 0.790. The van der Waals surface area contributed by atoms with Crippen LogP contribution in [0.25, 0.3) is 21.7 Å². The van der Waals surface area contributed by atoms with Gasteiger partial charge in [-0.1, -0.05) is 29.9 Å². The third-order valence-electron chi connectivity index (χ3n) is 3.20. The van der Waals surface area contributed by atoms with E-state index in [-0.39, 0.29) is 6.04 Å². The van der Waals surface area contributed by atoms with Crippen LogP contribution in [-0.2, 0) is 0 Å². The molecule has 0 aliphatic rings. The van der Waals surface area contributed by atoms with Gasteiger partial charge in [-0.25, -0.2) is 0 Å². The molecule has 2 aromatic heterocycles. The summed E-state index contributed by atoms with van der Waals surface area (Å²) in [7, 11) is 0. The molecule has 2 heterocycles. The van der Waals surface area contributed by atoms with Crippen molar-refractivity contribution in [1.29, 1.82) is 0 Å². The van der Waals surface area contributed by atoms with Crippen LogP contribution in [0, 0.1) is 6.92 Å². The number of nitrogens with zero attached hydrogens (tertiary/aromatic N) is 2. The van der Waals surface area contributed by atoms with E-state index in [1.165, 1.54) is 5.56 Å². The van der Waals surface area contributed by atoms with Gasteiger partial charge in [-0.2, -0.15) is 0 Å². The third-order valence-corrected chi connectivity index (χ3v) is 4.32. The summed E-state index contributed by atoms with van der Waals surface area (Å²) in [4.78, 5) is 0. The van der Waals surface area contributed by atoms with E-state index in [0.29, 0.717) is 0 Å². The van der Waals surface area contributed by atoms with Crippen LogP contribution in [0.2, 0.25) is 0 Å². The Labute approximate surface area is 121 Å². The number of hydrogen-bond donors (Lipinski definition) is 1. The maximum Gasteiger partial charge on any atom is 0.183 e. The van der Waals surface area contributed by atoms with Crippen LogP contribution < -0.4 is 5.32 Å². The highest BCUT2D eigenvalue weighted by Gasteiger charge is 2.15. The Kier molecular flexibility index (Phi) is 3.54. The molecule has 104 valence electrons. The Morgan fingerprint density at radius 1 is 1.30 bits per heavy atom. The number of benzene rings is 1. The molecule has 0 aliphatic heterocycles. The van der Waals surface area contributed by atoms with E-state index in [4.69, 9.17) is 4.42 Å². The van der Waals surface area contributed by atoms with Crippen LogP contribution in [0.15, 0.2) is 28.7 Å². The second-order valence-corrected chi connectivity index (χ2v) is 5.89. The first-order valence-corrected chi connectivity index (χ1v) is 7.56. The average molecular weight is 287 g/mol. The highest BCUT2D eigenvalue weighted by atomic mass is 32.1. The molecule has 0 amide bonds. The summed E-state index contributed by atoms with van der Waals surface area (Å²) in [6.07, 6.45) is 0. The lowest BCUT2D eigenvalue weighted by Crippen LogP contribution is -2.17. The molecule has 20 heavy (non-hydrogen) atoms. The Bertz CT molecular complexity index is 732. The first-order chi connectivity index (χ1) is 9.67. The zero-order valence-electron chi connectivity index (χ0n) is 11.8. The fourth-order valence-corrected chi connectivity index (χ4v) is 2.99. The second kappa shape index (κ2) is 5.34. The molecular formula is C15H17N3OS. The maximum atomic E-state index is 5.85. The van der Waals surface area contributed by atoms with Crippen molar-refractivity contribution >= 4 is 22.3 Å². The van der Waals surface area contributed by atoms with Crippen LogP contribution in [0.1, 0.15) is 30.5 Å². The zero-order chi connectivity index (χ0) is 14.1. The molecule has 1 N–H and O–H groups in total. The van der Waals surface area contributed by atoms with Crippen molar-refractivity contribution in [2.24, 2.45) is 0 Å². The molecule has 1 atom stereocenters. The van der Waals surface area contributed by atoms with Crippen LogP contribution >= 0.6 is 11.3 Å². The van der Waals surface area contributed by atoms with Crippen molar-refractivity contribution in [1.82, 2.24) is 15.5 Å². The van der Waals surface area contributed by atoms with E-state index in [2.05, 4.69) is 42.4 Å². The van der Waals surface area contributed by atoms with Crippen LogP contribution in [0.5, 0.6) is 0 Å². The number of rotatable bonds is 4.